The number of hydrogen-bond donors (Lipinski definition) is 1. The number of nitrogens with zero attached hydrogens (tertiary/aromatic N) is 1. The molecule has 2 rings (SSSR count). The molecular formula is C17H21N2O+. The van der Waals surface area contributed by atoms with E-state index in [4.69, 9.17) is 0 Å². The Morgan fingerprint density at radius 3 is 1.90 bits per heavy atom. The van der Waals surface area contributed by atoms with Crippen LogP contribution in [0.1, 0.15) is 11.6 Å². The van der Waals surface area contributed by atoms with Crippen LogP contribution in [0, 0.1) is 0 Å². The lowest BCUT2D eigenvalue weighted by molar-refractivity contribution is -0.892. The lowest BCUT2D eigenvalue weighted by Crippen LogP contribution is -2.45. The molecule has 0 heterocycles. The van der Waals surface area contributed by atoms with Crippen LogP contribution in [0.4, 0.5) is 5.69 Å². The topological polar surface area (TPSA) is 29.1 Å². The number of carbonyl (C=O) groups excluding carboxylic acids is 1. The Morgan fingerprint density at radius 2 is 1.40 bits per heavy atom. The smallest absolute Gasteiger partial charge is 0.287 e. The van der Waals surface area contributed by atoms with Crippen LogP contribution in [-0.2, 0) is 4.79 Å². The first-order valence-electron chi connectivity index (χ1n) is 6.70. The maximum absolute atomic E-state index is 12.6. The number of likely N-dealkylation sites (N-methyl/N-ethyl adjacent to an activating group) is 1. The van der Waals surface area contributed by atoms with Crippen LogP contribution >= 0.6 is 0 Å². The Bertz CT molecular complexity index is 559. The largest absolute Gasteiger partial charge is 0.321 e. The monoisotopic (exact) mass is 269 g/mol. The average molecular weight is 269 g/mol. The van der Waals surface area contributed by atoms with Gasteiger partial charge in [0.05, 0.1) is 21.1 Å². The van der Waals surface area contributed by atoms with Gasteiger partial charge in [0.15, 0.2) is 6.04 Å². The number of para-hydroxylation sites is 1. The van der Waals surface area contributed by atoms with Crippen molar-refractivity contribution in [2.24, 2.45) is 0 Å². The van der Waals surface area contributed by atoms with Crippen LogP contribution in [0.3, 0.4) is 0 Å². The maximum atomic E-state index is 12.6. The Balaban J connectivity index is 2.26. The fraction of sp³-hybridized carbons (Fsp3) is 0.235. The summed E-state index contributed by atoms with van der Waals surface area (Å²) in [6, 6.07) is 19.2. The zero-order chi connectivity index (χ0) is 14.6. The third-order valence-electron chi connectivity index (χ3n) is 3.18. The molecule has 0 aliphatic carbocycles. The molecule has 0 aromatic heterocycles. The molecule has 20 heavy (non-hydrogen) atoms. The van der Waals surface area contributed by atoms with Crippen LogP contribution in [0.2, 0.25) is 0 Å². The van der Waals surface area contributed by atoms with Crippen LogP contribution in [0.25, 0.3) is 0 Å². The minimum Gasteiger partial charge on any atom is -0.321 e. The van der Waals surface area contributed by atoms with Gasteiger partial charge in [0.2, 0.25) is 0 Å². The Kier molecular flexibility index (Phi) is 4.20. The van der Waals surface area contributed by atoms with E-state index in [0.717, 1.165) is 11.3 Å². The molecule has 0 fully saturated rings. The minimum absolute atomic E-state index is 0.00917. The van der Waals surface area contributed by atoms with Crippen molar-refractivity contribution in [3.05, 3.63) is 66.2 Å². The maximum Gasteiger partial charge on any atom is 0.287 e. The lowest BCUT2D eigenvalue weighted by Gasteiger charge is -2.33. The number of anilines is 1. The van der Waals surface area contributed by atoms with Crippen molar-refractivity contribution in [1.29, 1.82) is 0 Å². The third kappa shape index (κ3) is 3.45. The number of benzene rings is 2. The molecule has 0 unspecified atom stereocenters. The van der Waals surface area contributed by atoms with Gasteiger partial charge >= 0.3 is 0 Å². The van der Waals surface area contributed by atoms with Crippen molar-refractivity contribution in [2.75, 3.05) is 26.5 Å². The third-order valence-corrected chi connectivity index (χ3v) is 3.18. The van der Waals surface area contributed by atoms with Crippen molar-refractivity contribution in [1.82, 2.24) is 0 Å². The fourth-order valence-corrected chi connectivity index (χ4v) is 2.32. The second-order valence-electron chi connectivity index (χ2n) is 5.78. The molecule has 0 radical (unpaired) electrons. The first-order chi connectivity index (χ1) is 9.48. The SMILES string of the molecule is C[N+](C)(C)[C@H](C(=O)Nc1ccccc1)c1ccccc1. The molecular weight excluding hydrogens is 248 g/mol. The van der Waals surface area contributed by atoms with Gasteiger partial charge in [-0.05, 0) is 12.1 Å². The summed E-state index contributed by atoms with van der Waals surface area (Å²) in [6.45, 7) is 0. The number of amides is 1. The Labute approximate surface area is 120 Å². The molecule has 0 saturated heterocycles. The normalized spacial score (nSPS) is 12.8. The summed E-state index contributed by atoms with van der Waals surface area (Å²) in [5.41, 5.74) is 1.85. The van der Waals surface area contributed by atoms with E-state index in [1.165, 1.54) is 0 Å². The molecule has 1 atom stereocenters. The van der Waals surface area contributed by atoms with Crippen molar-refractivity contribution in [3.8, 4) is 0 Å². The van der Waals surface area contributed by atoms with Gasteiger partial charge < -0.3 is 9.80 Å². The number of rotatable bonds is 4. The summed E-state index contributed by atoms with van der Waals surface area (Å²) < 4.78 is 0.544. The van der Waals surface area contributed by atoms with E-state index in [2.05, 4.69) is 5.32 Å². The zero-order valence-corrected chi connectivity index (χ0v) is 12.2. The van der Waals surface area contributed by atoms with Gasteiger partial charge in [-0.3, -0.25) is 4.79 Å². The zero-order valence-electron chi connectivity index (χ0n) is 12.2. The quantitative estimate of drug-likeness (QED) is 0.849. The predicted octanol–water partition coefficient (Wildman–Crippen LogP) is 3.07. The molecule has 2 aromatic rings. The first-order valence-corrected chi connectivity index (χ1v) is 6.70. The highest BCUT2D eigenvalue weighted by atomic mass is 16.2. The second kappa shape index (κ2) is 5.88. The van der Waals surface area contributed by atoms with Gasteiger partial charge in [-0.2, -0.15) is 0 Å². The van der Waals surface area contributed by atoms with E-state index in [-0.39, 0.29) is 11.9 Å². The van der Waals surface area contributed by atoms with Gasteiger partial charge in [-0.25, -0.2) is 0 Å². The fourth-order valence-electron chi connectivity index (χ4n) is 2.32. The van der Waals surface area contributed by atoms with E-state index >= 15 is 0 Å². The molecule has 2 aromatic carbocycles. The van der Waals surface area contributed by atoms with E-state index in [1.807, 2.05) is 81.8 Å². The van der Waals surface area contributed by atoms with Crippen LogP contribution in [0.5, 0.6) is 0 Å². The molecule has 0 aliphatic rings. The summed E-state index contributed by atoms with van der Waals surface area (Å²) in [7, 11) is 6.09. The van der Waals surface area contributed by atoms with Crippen molar-refractivity contribution >= 4 is 11.6 Å². The Hall–Kier alpha value is -2.13. The van der Waals surface area contributed by atoms with Gasteiger partial charge in [0.25, 0.3) is 5.91 Å². The van der Waals surface area contributed by atoms with E-state index in [9.17, 15) is 4.79 Å². The Morgan fingerprint density at radius 1 is 0.900 bits per heavy atom. The summed E-state index contributed by atoms with van der Waals surface area (Å²) in [6.07, 6.45) is 0. The summed E-state index contributed by atoms with van der Waals surface area (Å²) >= 11 is 0. The predicted molar refractivity (Wildman–Crippen MR) is 82.3 cm³/mol. The first kappa shape index (κ1) is 14.3. The van der Waals surface area contributed by atoms with Gasteiger partial charge in [0, 0.05) is 11.3 Å². The molecule has 0 spiro atoms. The number of carbonyl (C=O) groups is 1. The van der Waals surface area contributed by atoms with Gasteiger partial charge in [-0.15, -0.1) is 0 Å². The van der Waals surface area contributed by atoms with E-state index in [0.29, 0.717) is 4.48 Å². The van der Waals surface area contributed by atoms with Crippen molar-refractivity contribution in [3.63, 3.8) is 0 Å². The number of quaternary nitrogens is 1. The molecule has 0 aliphatic heterocycles. The molecule has 1 amide bonds. The minimum atomic E-state index is -0.239. The van der Waals surface area contributed by atoms with E-state index < -0.39 is 0 Å². The standard InChI is InChI=1S/C17H20N2O/c1-19(2,3)16(14-10-6-4-7-11-14)17(20)18-15-12-8-5-9-13-15/h4-13,16H,1-3H3/p+1/t16-/m0/s1. The summed E-state index contributed by atoms with van der Waals surface area (Å²) in [5.74, 6) is 0.00917. The van der Waals surface area contributed by atoms with Crippen molar-refractivity contribution in [2.45, 2.75) is 6.04 Å². The molecule has 3 heteroatoms. The average Bonchev–Trinajstić information content (AvgIpc) is 2.39. The van der Waals surface area contributed by atoms with Crippen LogP contribution < -0.4 is 5.32 Å². The van der Waals surface area contributed by atoms with Crippen LogP contribution in [-0.4, -0.2) is 31.5 Å². The van der Waals surface area contributed by atoms with Crippen LogP contribution in [0.15, 0.2) is 60.7 Å². The lowest BCUT2D eigenvalue weighted by atomic mass is 10.0. The van der Waals surface area contributed by atoms with Gasteiger partial charge in [-0.1, -0.05) is 48.5 Å². The van der Waals surface area contributed by atoms with Gasteiger partial charge in [0.1, 0.15) is 0 Å². The summed E-state index contributed by atoms with van der Waals surface area (Å²) in [4.78, 5) is 12.6. The highest BCUT2D eigenvalue weighted by molar-refractivity contribution is 5.94. The molecule has 1 N–H and O–H groups in total. The molecule has 0 bridgehead atoms. The number of nitrogens with one attached hydrogen (secondary N) is 1. The molecule has 3 nitrogen and oxygen atoms in total. The second-order valence-corrected chi connectivity index (χ2v) is 5.78. The highest BCUT2D eigenvalue weighted by Gasteiger charge is 2.33. The number of hydrogen-bond acceptors (Lipinski definition) is 1. The molecule has 104 valence electrons. The highest BCUT2D eigenvalue weighted by Crippen LogP contribution is 2.24. The van der Waals surface area contributed by atoms with E-state index in [1.54, 1.807) is 0 Å². The van der Waals surface area contributed by atoms with Crippen molar-refractivity contribution < 1.29 is 9.28 Å². The summed E-state index contributed by atoms with van der Waals surface area (Å²) in [5, 5.41) is 2.99. The molecule has 0 saturated carbocycles.